The zero-order valence-electron chi connectivity index (χ0n) is 8.99. The maximum Gasteiger partial charge on any atom is 0.257 e. The third kappa shape index (κ3) is 2.23. The van der Waals surface area contributed by atoms with Crippen LogP contribution >= 0.6 is 0 Å². The Bertz CT molecular complexity index is 379. The van der Waals surface area contributed by atoms with Gasteiger partial charge >= 0.3 is 0 Å². The summed E-state index contributed by atoms with van der Waals surface area (Å²) in [5.74, 6) is -1.40. The lowest BCUT2D eigenvalue weighted by molar-refractivity contribution is 0.0750. The fraction of sp³-hybridized carbons (Fsp3) is 0.400. The summed E-state index contributed by atoms with van der Waals surface area (Å²) in [7, 11) is 1.61. The molecule has 1 amide bonds. The highest BCUT2D eigenvalue weighted by molar-refractivity contribution is 5.95. The topological polar surface area (TPSA) is 59.2 Å². The molecule has 0 radical (unpaired) electrons. The van der Waals surface area contributed by atoms with Gasteiger partial charge in [-0.25, -0.2) is 9.37 Å². The van der Waals surface area contributed by atoms with Gasteiger partial charge in [0.15, 0.2) is 11.6 Å². The van der Waals surface area contributed by atoms with E-state index in [2.05, 4.69) is 4.98 Å². The third-order valence-corrected chi connectivity index (χ3v) is 2.24. The lowest BCUT2D eigenvalue weighted by Gasteiger charge is -2.21. The Morgan fingerprint density at radius 3 is 2.73 bits per heavy atom. The Kier molecular flexibility index (Phi) is 3.24. The number of amides is 1. The average Bonchev–Trinajstić information content (AvgIpc) is 2.20. The van der Waals surface area contributed by atoms with Crippen molar-refractivity contribution >= 4 is 11.7 Å². The monoisotopic (exact) mass is 211 g/mol. The summed E-state index contributed by atoms with van der Waals surface area (Å²) in [5.41, 5.74) is 5.23. The summed E-state index contributed by atoms with van der Waals surface area (Å²) in [6.45, 7) is 3.70. The van der Waals surface area contributed by atoms with Crippen LogP contribution in [0.3, 0.4) is 0 Å². The van der Waals surface area contributed by atoms with E-state index in [4.69, 9.17) is 5.73 Å². The van der Waals surface area contributed by atoms with E-state index in [-0.39, 0.29) is 17.4 Å². The van der Waals surface area contributed by atoms with Gasteiger partial charge < -0.3 is 10.6 Å². The van der Waals surface area contributed by atoms with Gasteiger partial charge in [-0.05, 0) is 19.9 Å². The van der Waals surface area contributed by atoms with E-state index in [0.717, 1.165) is 0 Å². The Labute approximate surface area is 87.9 Å². The molecule has 82 valence electrons. The predicted molar refractivity (Wildman–Crippen MR) is 55.8 cm³/mol. The SMILES string of the molecule is CC(C)N(C)C(=O)c1ccnc(N)c1F. The molecule has 2 N–H and O–H groups in total. The molecule has 0 aliphatic rings. The van der Waals surface area contributed by atoms with E-state index >= 15 is 0 Å². The Morgan fingerprint density at radius 2 is 2.20 bits per heavy atom. The lowest BCUT2D eigenvalue weighted by atomic mass is 10.2. The fourth-order valence-electron chi connectivity index (χ4n) is 1.05. The number of anilines is 1. The standard InChI is InChI=1S/C10H14FN3O/c1-6(2)14(3)10(15)7-4-5-13-9(12)8(7)11/h4-6H,1-3H3,(H2,12,13). The highest BCUT2D eigenvalue weighted by atomic mass is 19.1. The molecule has 15 heavy (non-hydrogen) atoms. The van der Waals surface area contributed by atoms with Crippen molar-refractivity contribution in [3.05, 3.63) is 23.6 Å². The first-order valence-electron chi connectivity index (χ1n) is 4.62. The van der Waals surface area contributed by atoms with Gasteiger partial charge in [0.1, 0.15) is 0 Å². The molecule has 0 aromatic carbocycles. The summed E-state index contributed by atoms with van der Waals surface area (Å²) in [6, 6.07) is 1.33. The van der Waals surface area contributed by atoms with Gasteiger partial charge in [0.25, 0.3) is 5.91 Å². The van der Waals surface area contributed by atoms with Crippen molar-refractivity contribution in [2.75, 3.05) is 12.8 Å². The number of nitrogens with zero attached hydrogens (tertiary/aromatic N) is 2. The molecule has 5 heteroatoms. The molecule has 0 atom stereocenters. The quantitative estimate of drug-likeness (QED) is 0.801. The number of pyridine rings is 1. The van der Waals surface area contributed by atoms with Crippen LogP contribution in [0.15, 0.2) is 12.3 Å². The highest BCUT2D eigenvalue weighted by Gasteiger charge is 2.19. The number of nitrogens with two attached hydrogens (primary N) is 1. The molecule has 4 nitrogen and oxygen atoms in total. The minimum Gasteiger partial charge on any atom is -0.381 e. The number of carbonyl (C=O) groups excluding carboxylic acids is 1. The van der Waals surface area contributed by atoms with E-state index in [1.165, 1.54) is 17.2 Å². The van der Waals surface area contributed by atoms with Crippen LogP contribution in [-0.4, -0.2) is 28.9 Å². The van der Waals surface area contributed by atoms with Gasteiger partial charge in [-0.15, -0.1) is 0 Å². The number of nitrogen functional groups attached to an aromatic ring is 1. The first-order valence-corrected chi connectivity index (χ1v) is 4.62. The Morgan fingerprint density at radius 1 is 1.60 bits per heavy atom. The van der Waals surface area contributed by atoms with E-state index < -0.39 is 11.7 Å². The van der Waals surface area contributed by atoms with Crippen molar-refractivity contribution in [2.45, 2.75) is 19.9 Å². The van der Waals surface area contributed by atoms with Gasteiger partial charge in [0, 0.05) is 19.3 Å². The molecule has 1 aromatic heterocycles. The zero-order valence-corrected chi connectivity index (χ0v) is 8.99. The maximum absolute atomic E-state index is 13.4. The number of carbonyl (C=O) groups is 1. The number of hydrogen-bond donors (Lipinski definition) is 1. The van der Waals surface area contributed by atoms with Crippen molar-refractivity contribution in [3.63, 3.8) is 0 Å². The van der Waals surface area contributed by atoms with Gasteiger partial charge in [-0.3, -0.25) is 4.79 Å². The highest BCUT2D eigenvalue weighted by Crippen LogP contribution is 2.14. The molecule has 0 spiro atoms. The van der Waals surface area contributed by atoms with E-state index in [1.54, 1.807) is 7.05 Å². The molecule has 0 bridgehead atoms. The van der Waals surface area contributed by atoms with Gasteiger partial charge in [-0.2, -0.15) is 0 Å². The van der Waals surface area contributed by atoms with Crippen LogP contribution in [0.4, 0.5) is 10.2 Å². The number of aromatic nitrogens is 1. The van der Waals surface area contributed by atoms with Crippen molar-refractivity contribution in [1.29, 1.82) is 0 Å². The minimum absolute atomic E-state index is 0.00582. The molecule has 0 aliphatic heterocycles. The number of rotatable bonds is 2. The Balaban J connectivity index is 3.07. The van der Waals surface area contributed by atoms with E-state index in [9.17, 15) is 9.18 Å². The number of hydrogen-bond acceptors (Lipinski definition) is 3. The molecule has 0 saturated carbocycles. The number of halogens is 1. The maximum atomic E-state index is 13.4. The van der Waals surface area contributed by atoms with Crippen LogP contribution in [-0.2, 0) is 0 Å². The smallest absolute Gasteiger partial charge is 0.257 e. The summed E-state index contributed by atoms with van der Waals surface area (Å²) in [5, 5.41) is 0. The molecular weight excluding hydrogens is 197 g/mol. The molecule has 0 unspecified atom stereocenters. The van der Waals surface area contributed by atoms with Crippen LogP contribution in [0.2, 0.25) is 0 Å². The molecule has 1 rings (SSSR count). The molecule has 1 aromatic rings. The van der Waals surface area contributed by atoms with E-state index in [0.29, 0.717) is 0 Å². The predicted octanol–water partition coefficient (Wildman–Crippen LogP) is 1.28. The van der Waals surface area contributed by atoms with Crippen LogP contribution in [0.1, 0.15) is 24.2 Å². The second-order valence-electron chi connectivity index (χ2n) is 3.57. The molecular formula is C10H14FN3O. The van der Waals surface area contributed by atoms with E-state index in [1.807, 2.05) is 13.8 Å². The Hall–Kier alpha value is -1.65. The summed E-state index contributed by atoms with van der Waals surface area (Å²) in [4.78, 5) is 16.8. The second kappa shape index (κ2) is 4.25. The summed E-state index contributed by atoms with van der Waals surface area (Å²) >= 11 is 0. The molecule has 0 aliphatic carbocycles. The lowest BCUT2D eigenvalue weighted by Crippen LogP contribution is -2.33. The van der Waals surface area contributed by atoms with Crippen LogP contribution < -0.4 is 5.73 Å². The normalized spacial score (nSPS) is 10.5. The van der Waals surface area contributed by atoms with Crippen LogP contribution in [0, 0.1) is 5.82 Å². The van der Waals surface area contributed by atoms with Crippen molar-refractivity contribution in [3.8, 4) is 0 Å². The zero-order chi connectivity index (χ0) is 11.6. The first kappa shape index (κ1) is 11.4. The van der Waals surface area contributed by atoms with Crippen molar-refractivity contribution < 1.29 is 9.18 Å². The van der Waals surface area contributed by atoms with Crippen molar-refractivity contribution in [1.82, 2.24) is 9.88 Å². The minimum atomic E-state index is -0.755. The first-order chi connectivity index (χ1) is 6.95. The van der Waals surface area contributed by atoms with Crippen molar-refractivity contribution in [2.24, 2.45) is 0 Å². The third-order valence-electron chi connectivity index (χ3n) is 2.24. The molecule has 0 saturated heterocycles. The summed E-state index contributed by atoms with van der Waals surface area (Å²) in [6.07, 6.45) is 1.32. The second-order valence-corrected chi connectivity index (χ2v) is 3.57. The largest absolute Gasteiger partial charge is 0.381 e. The fourth-order valence-corrected chi connectivity index (χ4v) is 1.05. The summed E-state index contributed by atoms with van der Waals surface area (Å²) < 4.78 is 13.4. The average molecular weight is 211 g/mol. The van der Waals surface area contributed by atoms with Gasteiger partial charge in [-0.1, -0.05) is 0 Å². The van der Waals surface area contributed by atoms with Gasteiger partial charge in [0.2, 0.25) is 0 Å². The molecule has 0 fully saturated rings. The van der Waals surface area contributed by atoms with Crippen LogP contribution in [0.25, 0.3) is 0 Å². The van der Waals surface area contributed by atoms with Crippen LogP contribution in [0.5, 0.6) is 0 Å². The molecule has 1 heterocycles. The van der Waals surface area contributed by atoms with Gasteiger partial charge in [0.05, 0.1) is 5.56 Å².